The Kier molecular flexibility index (Phi) is 5.62. The van der Waals surface area contributed by atoms with E-state index < -0.39 is 5.97 Å². The van der Waals surface area contributed by atoms with E-state index in [-0.39, 0.29) is 18.4 Å². The summed E-state index contributed by atoms with van der Waals surface area (Å²) >= 11 is 0. The maximum Gasteiger partial charge on any atom is 0.323 e. The molecule has 25 heavy (non-hydrogen) atoms. The lowest BCUT2D eigenvalue weighted by molar-refractivity contribution is -0.137. The van der Waals surface area contributed by atoms with Gasteiger partial charge in [-0.2, -0.15) is 5.10 Å². The molecular weight excluding hydrogens is 318 g/mol. The van der Waals surface area contributed by atoms with Crippen LogP contribution in [-0.2, 0) is 4.79 Å². The fourth-order valence-corrected chi connectivity index (χ4v) is 2.80. The highest BCUT2D eigenvalue weighted by molar-refractivity contribution is 5.96. The van der Waals surface area contributed by atoms with Crippen LogP contribution in [0.1, 0.15) is 41.0 Å². The summed E-state index contributed by atoms with van der Waals surface area (Å²) in [5.74, 6) is -1.14. The van der Waals surface area contributed by atoms with Crippen molar-refractivity contribution in [3.05, 3.63) is 46.8 Å². The quantitative estimate of drug-likeness (QED) is 0.875. The van der Waals surface area contributed by atoms with Crippen molar-refractivity contribution in [2.24, 2.45) is 5.92 Å². The fraction of sp³-hybridized carbons (Fsp3) is 0.421. The van der Waals surface area contributed by atoms with Gasteiger partial charge in [-0.25, -0.2) is 4.68 Å². The molecule has 1 N–H and O–H groups in total. The Morgan fingerprint density at radius 2 is 1.92 bits per heavy atom. The standard InChI is InChI=1S/C19H25N3O3/c1-12(2)10-21(11-18(23)24)19(25)16-9-20-22(15(16)5)17-8-13(3)6-7-14(17)4/h6-9,12H,10-11H2,1-5H3,(H,23,24). The number of carboxylic acids is 1. The maximum atomic E-state index is 12.8. The molecule has 0 saturated carbocycles. The number of aliphatic carboxylic acids is 1. The van der Waals surface area contributed by atoms with Gasteiger partial charge in [-0.1, -0.05) is 26.0 Å². The van der Waals surface area contributed by atoms with Gasteiger partial charge >= 0.3 is 5.97 Å². The third-order valence-electron chi connectivity index (χ3n) is 4.03. The molecule has 1 heterocycles. The molecule has 0 unspecified atom stereocenters. The molecule has 2 rings (SSSR count). The zero-order valence-electron chi connectivity index (χ0n) is 15.4. The second kappa shape index (κ2) is 7.51. The van der Waals surface area contributed by atoms with Crippen molar-refractivity contribution in [2.75, 3.05) is 13.1 Å². The highest BCUT2D eigenvalue weighted by atomic mass is 16.4. The molecule has 0 aliphatic carbocycles. The zero-order chi connectivity index (χ0) is 18.7. The van der Waals surface area contributed by atoms with E-state index in [0.29, 0.717) is 17.8 Å². The van der Waals surface area contributed by atoms with Crippen LogP contribution in [0, 0.1) is 26.7 Å². The minimum atomic E-state index is -1.02. The SMILES string of the molecule is Cc1ccc(C)c(-n2ncc(C(=O)N(CC(=O)O)CC(C)C)c2C)c1. The van der Waals surface area contributed by atoms with Crippen LogP contribution in [0.3, 0.4) is 0 Å². The average Bonchev–Trinajstić information content (AvgIpc) is 2.89. The molecule has 1 aromatic carbocycles. The molecule has 2 aromatic rings. The number of hydrogen-bond acceptors (Lipinski definition) is 3. The Balaban J connectivity index is 2.40. The molecule has 6 heteroatoms. The minimum absolute atomic E-state index is 0.178. The van der Waals surface area contributed by atoms with Gasteiger partial charge in [-0.05, 0) is 43.9 Å². The summed E-state index contributed by atoms with van der Waals surface area (Å²) in [7, 11) is 0. The highest BCUT2D eigenvalue weighted by Gasteiger charge is 2.24. The van der Waals surface area contributed by atoms with Crippen LogP contribution >= 0.6 is 0 Å². The van der Waals surface area contributed by atoms with E-state index in [9.17, 15) is 9.59 Å². The second-order valence-electron chi connectivity index (χ2n) is 6.82. The maximum absolute atomic E-state index is 12.8. The van der Waals surface area contributed by atoms with E-state index in [4.69, 9.17) is 5.11 Å². The molecule has 134 valence electrons. The molecular formula is C19H25N3O3. The van der Waals surface area contributed by atoms with Gasteiger partial charge in [0.1, 0.15) is 6.54 Å². The lowest BCUT2D eigenvalue weighted by Gasteiger charge is -2.22. The number of nitrogens with zero attached hydrogens (tertiary/aromatic N) is 3. The van der Waals surface area contributed by atoms with E-state index in [0.717, 1.165) is 16.8 Å². The molecule has 0 aliphatic rings. The van der Waals surface area contributed by atoms with Gasteiger partial charge in [-0.15, -0.1) is 0 Å². The number of carboxylic acid groups (broad SMARTS) is 1. The molecule has 0 atom stereocenters. The molecule has 6 nitrogen and oxygen atoms in total. The number of rotatable bonds is 6. The largest absolute Gasteiger partial charge is 0.480 e. The van der Waals surface area contributed by atoms with Gasteiger partial charge in [0, 0.05) is 6.54 Å². The van der Waals surface area contributed by atoms with Crippen molar-refractivity contribution >= 4 is 11.9 Å². The van der Waals surface area contributed by atoms with Crippen LogP contribution in [0.5, 0.6) is 0 Å². The predicted octanol–water partition coefficient (Wildman–Crippen LogP) is 2.98. The fourth-order valence-electron chi connectivity index (χ4n) is 2.80. The van der Waals surface area contributed by atoms with E-state index in [2.05, 4.69) is 5.10 Å². The summed E-state index contributed by atoms with van der Waals surface area (Å²) in [6.07, 6.45) is 1.52. The zero-order valence-corrected chi connectivity index (χ0v) is 15.4. The van der Waals surface area contributed by atoms with Crippen LogP contribution in [0.4, 0.5) is 0 Å². The number of aryl methyl sites for hydroxylation is 2. The molecule has 0 radical (unpaired) electrons. The highest BCUT2D eigenvalue weighted by Crippen LogP contribution is 2.20. The summed E-state index contributed by atoms with van der Waals surface area (Å²) in [5, 5.41) is 13.5. The summed E-state index contributed by atoms with van der Waals surface area (Å²) < 4.78 is 1.74. The molecule has 1 aromatic heterocycles. The Morgan fingerprint density at radius 1 is 1.24 bits per heavy atom. The monoisotopic (exact) mass is 343 g/mol. The van der Waals surface area contributed by atoms with Crippen molar-refractivity contribution in [1.82, 2.24) is 14.7 Å². The number of carbonyl (C=O) groups is 2. The van der Waals surface area contributed by atoms with Gasteiger partial charge in [0.05, 0.1) is 23.1 Å². The second-order valence-corrected chi connectivity index (χ2v) is 6.82. The number of amides is 1. The van der Waals surface area contributed by atoms with E-state index in [1.165, 1.54) is 11.1 Å². The average molecular weight is 343 g/mol. The molecule has 0 saturated heterocycles. The van der Waals surface area contributed by atoms with Crippen LogP contribution in [0.25, 0.3) is 5.69 Å². The van der Waals surface area contributed by atoms with Crippen LogP contribution in [0.15, 0.2) is 24.4 Å². The summed E-state index contributed by atoms with van der Waals surface area (Å²) in [6.45, 7) is 9.81. The number of benzene rings is 1. The number of aromatic nitrogens is 2. The summed E-state index contributed by atoms with van der Waals surface area (Å²) in [6, 6.07) is 6.07. The summed E-state index contributed by atoms with van der Waals surface area (Å²) in [5.41, 5.74) is 4.22. The first kappa shape index (κ1) is 18.7. The van der Waals surface area contributed by atoms with Gasteiger partial charge in [0.15, 0.2) is 0 Å². The molecule has 0 spiro atoms. The van der Waals surface area contributed by atoms with Crippen molar-refractivity contribution < 1.29 is 14.7 Å². The minimum Gasteiger partial charge on any atom is -0.480 e. The van der Waals surface area contributed by atoms with Crippen molar-refractivity contribution in [2.45, 2.75) is 34.6 Å². The first-order chi connectivity index (χ1) is 11.7. The molecule has 1 amide bonds. The third kappa shape index (κ3) is 4.26. The van der Waals surface area contributed by atoms with Crippen LogP contribution < -0.4 is 0 Å². The third-order valence-corrected chi connectivity index (χ3v) is 4.03. The van der Waals surface area contributed by atoms with Gasteiger partial charge < -0.3 is 10.0 Å². The van der Waals surface area contributed by atoms with Crippen molar-refractivity contribution in [3.63, 3.8) is 0 Å². The Labute approximate surface area is 148 Å². The van der Waals surface area contributed by atoms with E-state index in [1.807, 2.05) is 52.8 Å². The molecule has 0 bridgehead atoms. The van der Waals surface area contributed by atoms with Crippen LogP contribution in [0.2, 0.25) is 0 Å². The van der Waals surface area contributed by atoms with Gasteiger partial charge in [0.25, 0.3) is 5.91 Å². The van der Waals surface area contributed by atoms with Crippen LogP contribution in [-0.4, -0.2) is 44.8 Å². The van der Waals surface area contributed by atoms with E-state index >= 15 is 0 Å². The Hall–Kier alpha value is -2.63. The summed E-state index contributed by atoms with van der Waals surface area (Å²) in [4.78, 5) is 25.3. The number of carbonyl (C=O) groups excluding carboxylic acids is 1. The number of hydrogen-bond donors (Lipinski definition) is 1. The molecule has 0 fully saturated rings. The topological polar surface area (TPSA) is 75.4 Å². The Morgan fingerprint density at radius 3 is 2.52 bits per heavy atom. The first-order valence-corrected chi connectivity index (χ1v) is 8.34. The van der Waals surface area contributed by atoms with Gasteiger partial charge in [-0.3, -0.25) is 9.59 Å². The van der Waals surface area contributed by atoms with Crippen molar-refractivity contribution in [1.29, 1.82) is 0 Å². The predicted molar refractivity (Wildman–Crippen MR) is 96.2 cm³/mol. The molecule has 0 aliphatic heterocycles. The van der Waals surface area contributed by atoms with Crippen molar-refractivity contribution in [3.8, 4) is 5.69 Å². The Bertz CT molecular complexity index is 793. The van der Waals surface area contributed by atoms with Gasteiger partial charge in [0.2, 0.25) is 0 Å². The lowest BCUT2D eigenvalue weighted by atomic mass is 10.1. The first-order valence-electron chi connectivity index (χ1n) is 8.34. The lowest BCUT2D eigenvalue weighted by Crippen LogP contribution is -2.38. The smallest absolute Gasteiger partial charge is 0.323 e. The normalized spacial score (nSPS) is 11.0. The van der Waals surface area contributed by atoms with E-state index in [1.54, 1.807) is 4.68 Å².